The molecule has 0 saturated heterocycles. The van der Waals surface area contributed by atoms with Crippen molar-refractivity contribution in [2.24, 2.45) is 0 Å². The number of carbonyl (C=O) groups is 1. The van der Waals surface area contributed by atoms with E-state index < -0.39 is 5.54 Å². The predicted molar refractivity (Wildman–Crippen MR) is 78.6 cm³/mol. The summed E-state index contributed by atoms with van der Waals surface area (Å²) in [6.45, 7) is 10.9. The first kappa shape index (κ1) is 15.5. The first-order chi connectivity index (χ1) is 8.83. The third kappa shape index (κ3) is 3.47. The molecular formula is C15H24N2O2. The summed E-state index contributed by atoms with van der Waals surface area (Å²) in [7, 11) is 0. The number of phenolic OH excluding ortho intramolecular Hbond substituents is 1. The van der Waals surface area contributed by atoms with E-state index in [0.717, 1.165) is 17.8 Å². The Morgan fingerprint density at radius 1 is 1.37 bits per heavy atom. The number of amides is 1. The smallest absolute Gasteiger partial charge is 0.246 e. The molecule has 0 atom stereocenters. The van der Waals surface area contributed by atoms with Crippen LogP contribution in [0.3, 0.4) is 0 Å². The largest absolute Gasteiger partial charge is 0.508 e. The summed E-state index contributed by atoms with van der Waals surface area (Å²) < 4.78 is 0. The molecule has 0 fully saturated rings. The minimum Gasteiger partial charge on any atom is -0.508 e. The van der Waals surface area contributed by atoms with Crippen LogP contribution in [0, 0.1) is 6.92 Å². The molecule has 0 aliphatic rings. The maximum atomic E-state index is 12.6. The molecule has 2 N–H and O–H groups in total. The van der Waals surface area contributed by atoms with Gasteiger partial charge in [-0.1, -0.05) is 13.0 Å². The lowest BCUT2D eigenvalue weighted by Gasteiger charge is -2.32. The lowest BCUT2D eigenvalue weighted by atomic mass is 10.0. The molecule has 4 heteroatoms. The van der Waals surface area contributed by atoms with E-state index in [2.05, 4.69) is 5.32 Å². The van der Waals surface area contributed by atoms with E-state index in [4.69, 9.17) is 0 Å². The van der Waals surface area contributed by atoms with Gasteiger partial charge >= 0.3 is 0 Å². The fourth-order valence-electron chi connectivity index (χ4n) is 2.17. The first-order valence-corrected chi connectivity index (χ1v) is 6.70. The van der Waals surface area contributed by atoms with Crippen LogP contribution in [0.5, 0.6) is 5.75 Å². The molecule has 106 valence electrons. The number of aromatic hydroxyl groups is 1. The number of nitrogens with zero attached hydrogens (tertiary/aromatic N) is 1. The molecule has 0 unspecified atom stereocenters. The van der Waals surface area contributed by atoms with Gasteiger partial charge in [-0.25, -0.2) is 0 Å². The van der Waals surface area contributed by atoms with E-state index in [9.17, 15) is 9.90 Å². The van der Waals surface area contributed by atoms with E-state index in [1.165, 1.54) is 0 Å². The quantitative estimate of drug-likeness (QED) is 0.859. The minimum atomic E-state index is -0.622. The van der Waals surface area contributed by atoms with Gasteiger partial charge in [0.05, 0.1) is 11.2 Å². The van der Waals surface area contributed by atoms with E-state index in [1.54, 1.807) is 17.0 Å². The van der Waals surface area contributed by atoms with Gasteiger partial charge in [0.2, 0.25) is 5.91 Å². The number of anilines is 1. The topological polar surface area (TPSA) is 52.6 Å². The van der Waals surface area contributed by atoms with Crippen LogP contribution < -0.4 is 10.2 Å². The van der Waals surface area contributed by atoms with Gasteiger partial charge in [0, 0.05) is 12.6 Å². The molecule has 1 rings (SSSR count). The van der Waals surface area contributed by atoms with Crippen LogP contribution in [0.1, 0.15) is 33.3 Å². The molecule has 0 spiro atoms. The zero-order chi connectivity index (χ0) is 14.6. The maximum Gasteiger partial charge on any atom is 0.246 e. The number of likely N-dealkylation sites (N-methyl/N-ethyl adjacent to an activating group) is 2. The van der Waals surface area contributed by atoms with Crippen LogP contribution in [0.4, 0.5) is 5.69 Å². The Kier molecular flexibility index (Phi) is 4.95. The van der Waals surface area contributed by atoms with Crippen molar-refractivity contribution in [2.45, 2.75) is 40.2 Å². The molecular weight excluding hydrogens is 240 g/mol. The third-order valence-electron chi connectivity index (χ3n) is 3.20. The molecule has 0 aliphatic heterocycles. The molecule has 4 nitrogen and oxygen atoms in total. The normalized spacial score (nSPS) is 11.4. The van der Waals surface area contributed by atoms with Gasteiger partial charge in [0.1, 0.15) is 5.75 Å². The SMILES string of the molecule is CCNC(C)(C)C(=O)N(CC)c1cc(O)ccc1C. The second-order valence-electron chi connectivity index (χ2n) is 5.18. The van der Waals surface area contributed by atoms with Crippen molar-refractivity contribution in [1.29, 1.82) is 0 Å². The van der Waals surface area contributed by atoms with Gasteiger partial charge < -0.3 is 15.3 Å². The van der Waals surface area contributed by atoms with E-state index in [1.807, 2.05) is 40.7 Å². The Morgan fingerprint density at radius 2 is 2.00 bits per heavy atom. The number of nitrogens with one attached hydrogen (secondary N) is 1. The van der Waals surface area contributed by atoms with E-state index >= 15 is 0 Å². The number of phenols is 1. The van der Waals surface area contributed by atoms with Gasteiger partial charge in [-0.15, -0.1) is 0 Å². The molecule has 1 amide bonds. The van der Waals surface area contributed by atoms with Crippen LogP contribution in [0.25, 0.3) is 0 Å². The molecule has 0 bridgehead atoms. The minimum absolute atomic E-state index is 0.00514. The van der Waals surface area contributed by atoms with Crippen molar-refractivity contribution >= 4 is 11.6 Å². The van der Waals surface area contributed by atoms with Crippen molar-refractivity contribution in [3.8, 4) is 5.75 Å². The van der Waals surface area contributed by atoms with Crippen LogP contribution in [0.15, 0.2) is 18.2 Å². The highest BCUT2D eigenvalue weighted by atomic mass is 16.3. The second-order valence-corrected chi connectivity index (χ2v) is 5.18. The maximum absolute atomic E-state index is 12.6. The van der Waals surface area contributed by atoms with E-state index in [-0.39, 0.29) is 11.7 Å². The predicted octanol–water partition coefficient (Wildman–Crippen LogP) is 2.44. The summed E-state index contributed by atoms with van der Waals surface area (Å²) in [4.78, 5) is 14.3. The highest BCUT2D eigenvalue weighted by molar-refractivity contribution is 6.00. The third-order valence-corrected chi connectivity index (χ3v) is 3.20. The number of aryl methyl sites for hydroxylation is 1. The van der Waals surface area contributed by atoms with Crippen molar-refractivity contribution < 1.29 is 9.90 Å². The molecule has 0 saturated carbocycles. The van der Waals surface area contributed by atoms with Gasteiger partial charge in [0.15, 0.2) is 0 Å². The fraction of sp³-hybridized carbons (Fsp3) is 0.533. The Hall–Kier alpha value is -1.55. The van der Waals surface area contributed by atoms with Gasteiger partial charge in [-0.05, 0) is 45.9 Å². The highest BCUT2D eigenvalue weighted by Gasteiger charge is 2.31. The Labute approximate surface area is 115 Å². The van der Waals surface area contributed by atoms with Gasteiger partial charge in [0.25, 0.3) is 0 Å². The van der Waals surface area contributed by atoms with E-state index in [0.29, 0.717) is 6.54 Å². The summed E-state index contributed by atoms with van der Waals surface area (Å²) in [6.07, 6.45) is 0. The van der Waals surface area contributed by atoms with Crippen LogP contribution in [-0.2, 0) is 4.79 Å². The highest BCUT2D eigenvalue weighted by Crippen LogP contribution is 2.26. The Balaban J connectivity index is 3.13. The number of hydrogen-bond donors (Lipinski definition) is 2. The second kappa shape index (κ2) is 6.06. The Morgan fingerprint density at radius 3 is 2.53 bits per heavy atom. The number of hydrogen-bond acceptors (Lipinski definition) is 3. The lowest BCUT2D eigenvalue weighted by molar-refractivity contribution is -0.123. The van der Waals surface area contributed by atoms with Gasteiger partial charge in [-0.2, -0.15) is 0 Å². The summed E-state index contributed by atoms with van der Waals surface area (Å²) in [6, 6.07) is 5.09. The monoisotopic (exact) mass is 264 g/mol. The molecule has 0 aromatic heterocycles. The number of benzene rings is 1. The number of carbonyl (C=O) groups excluding carboxylic acids is 1. The molecule has 1 aromatic rings. The molecule has 19 heavy (non-hydrogen) atoms. The Bertz CT molecular complexity index is 455. The summed E-state index contributed by atoms with van der Waals surface area (Å²) in [5, 5.41) is 12.8. The fourth-order valence-corrected chi connectivity index (χ4v) is 2.17. The molecule has 0 radical (unpaired) electrons. The summed E-state index contributed by atoms with van der Waals surface area (Å²) in [5.41, 5.74) is 1.11. The van der Waals surface area contributed by atoms with Crippen molar-refractivity contribution in [3.63, 3.8) is 0 Å². The zero-order valence-electron chi connectivity index (χ0n) is 12.4. The van der Waals surface area contributed by atoms with Crippen LogP contribution in [0.2, 0.25) is 0 Å². The first-order valence-electron chi connectivity index (χ1n) is 6.70. The average molecular weight is 264 g/mol. The van der Waals surface area contributed by atoms with Crippen molar-refractivity contribution in [3.05, 3.63) is 23.8 Å². The standard InChI is InChI=1S/C15H24N2O2/c1-6-16-15(4,5)14(19)17(7-2)13-10-12(18)9-8-11(13)3/h8-10,16,18H,6-7H2,1-5H3. The van der Waals surface area contributed by atoms with Crippen LogP contribution in [-0.4, -0.2) is 29.6 Å². The van der Waals surface area contributed by atoms with Crippen molar-refractivity contribution in [2.75, 3.05) is 18.0 Å². The molecule has 0 aliphatic carbocycles. The average Bonchev–Trinajstić information content (AvgIpc) is 2.34. The number of rotatable bonds is 5. The van der Waals surface area contributed by atoms with Crippen molar-refractivity contribution in [1.82, 2.24) is 5.32 Å². The van der Waals surface area contributed by atoms with Crippen LogP contribution >= 0.6 is 0 Å². The zero-order valence-corrected chi connectivity index (χ0v) is 12.4. The summed E-state index contributed by atoms with van der Waals surface area (Å²) in [5.74, 6) is 0.179. The van der Waals surface area contributed by atoms with Gasteiger partial charge in [-0.3, -0.25) is 4.79 Å². The molecule has 1 aromatic carbocycles. The summed E-state index contributed by atoms with van der Waals surface area (Å²) >= 11 is 0. The lowest BCUT2D eigenvalue weighted by Crippen LogP contribution is -2.54. The molecule has 0 heterocycles.